The highest BCUT2D eigenvalue weighted by atomic mass is 32.2. The van der Waals surface area contributed by atoms with Crippen molar-refractivity contribution in [1.82, 2.24) is 0 Å². The second-order valence-corrected chi connectivity index (χ2v) is 4.98. The molecule has 0 fully saturated rings. The Hall–Kier alpha value is -1.36. The molecular weight excluding hydrogens is 214 g/mol. The fraction of sp³-hybridized carbons (Fsp3) is 0.300. The molecular formula is C10H13NO3S. The molecule has 0 amide bonds. The van der Waals surface area contributed by atoms with Crippen molar-refractivity contribution < 1.29 is 13.2 Å². The predicted molar refractivity (Wildman–Crippen MR) is 58.7 cm³/mol. The zero-order valence-electron chi connectivity index (χ0n) is 8.43. The monoisotopic (exact) mass is 227 g/mol. The minimum atomic E-state index is -3.49. The Labute approximate surface area is 89.2 Å². The summed E-state index contributed by atoms with van der Waals surface area (Å²) in [6, 6.07) is 6.56. The number of hydrogen-bond acceptors (Lipinski definition) is 4. The number of rotatable bonds is 5. The van der Waals surface area contributed by atoms with Crippen LogP contribution < -0.4 is 5.32 Å². The first-order chi connectivity index (χ1) is 7.11. The van der Waals surface area contributed by atoms with E-state index in [2.05, 4.69) is 5.32 Å². The fourth-order valence-corrected chi connectivity index (χ4v) is 2.37. The Morgan fingerprint density at radius 2 is 2.00 bits per heavy atom. The van der Waals surface area contributed by atoms with Gasteiger partial charge in [0.1, 0.15) is 12.0 Å². The van der Waals surface area contributed by atoms with E-state index in [9.17, 15) is 13.2 Å². The predicted octanol–water partition coefficient (Wildman–Crippen LogP) is 1.09. The van der Waals surface area contributed by atoms with Crippen LogP contribution in [0.15, 0.2) is 29.2 Å². The molecule has 0 atom stereocenters. The van der Waals surface area contributed by atoms with Gasteiger partial charge in [-0.3, -0.25) is 0 Å². The number of anilines is 1. The van der Waals surface area contributed by atoms with Crippen molar-refractivity contribution in [1.29, 1.82) is 0 Å². The molecule has 0 radical (unpaired) electrons. The first-order valence-electron chi connectivity index (χ1n) is 4.61. The Kier molecular flexibility index (Phi) is 3.85. The Balaban J connectivity index is 3.18. The van der Waals surface area contributed by atoms with Gasteiger partial charge in [-0.25, -0.2) is 8.42 Å². The molecule has 1 aromatic rings. The van der Waals surface area contributed by atoms with E-state index in [-0.39, 0.29) is 4.90 Å². The van der Waals surface area contributed by atoms with Crippen molar-refractivity contribution in [3.63, 3.8) is 0 Å². The normalized spacial score (nSPS) is 11.0. The van der Waals surface area contributed by atoms with Crippen molar-refractivity contribution in [2.75, 3.05) is 17.6 Å². The van der Waals surface area contributed by atoms with Crippen LogP contribution in [0.1, 0.15) is 6.92 Å². The average molecular weight is 227 g/mol. The lowest BCUT2D eigenvalue weighted by Crippen LogP contribution is -2.11. The summed E-state index contributed by atoms with van der Waals surface area (Å²) in [6.07, 6.45) is 0.401. The average Bonchev–Trinajstić information content (AvgIpc) is 2.19. The van der Waals surface area contributed by atoms with Gasteiger partial charge in [-0.2, -0.15) is 0 Å². The van der Waals surface area contributed by atoms with Crippen LogP contribution in [0, 0.1) is 0 Å². The molecule has 0 bridgehead atoms. The number of hydrogen-bond donors (Lipinski definition) is 1. The molecule has 82 valence electrons. The fourth-order valence-electron chi connectivity index (χ4n) is 1.25. The molecule has 0 saturated carbocycles. The van der Waals surface area contributed by atoms with Crippen LogP contribution in [0.2, 0.25) is 0 Å². The minimum absolute atomic E-state index is 0.180. The van der Waals surface area contributed by atoms with Gasteiger partial charge in [0.2, 0.25) is 0 Å². The summed E-state index contributed by atoms with van der Waals surface area (Å²) in [5.41, 5.74) is 0.543. The molecule has 0 aliphatic heterocycles. The van der Waals surface area contributed by atoms with Crippen LogP contribution in [-0.2, 0) is 14.6 Å². The summed E-state index contributed by atoms with van der Waals surface area (Å²) < 4.78 is 23.3. The zero-order chi connectivity index (χ0) is 11.3. The first kappa shape index (κ1) is 11.7. The van der Waals surface area contributed by atoms with Gasteiger partial charge < -0.3 is 10.1 Å². The maximum absolute atomic E-state index is 11.7. The maximum Gasteiger partial charge on any atom is 0.187 e. The smallest absolute Gasteiger partial charge is 0.187 e. The number of aldehydes is 1. The molecule has 0 heterocycles. The van der Waals surface area contributed by atoms with Crippen molar-refractivity contribution in [3.8, 4) is 0 Å². The third kappa shape index (κ3) is 2.79. The number of nitrogens with one attached hydrogen (secondary N) is 1. The van der Waals surface area contributed by atoms with E-state index >= 15 is 0 Å². The van der Waals surface area contributed by atoms with Gasteiger partial charge in [0.05, 0.1) is 10.6 Å². The first-order valence-corrected chi connectivity index (χ1v) is 6.26. The standard InChI is InChI=1S/C10H13NO3S/c1-2-11-9-5-3-4-6-10(9)15(13,14)8-7-12/h3-7,11H,2,8H2,1H3. The summed E-state index contributed by atoms with van der Waals surface area (Å²) in [4.78, 5) is 10.4. The lowest BCUT2D eigenvalue weighted by Gasteiger charge is -2.09. The molecule has 1 N–H and O–H groups in total. The van der Waals surface area contributed by atoms with Gasteiger partial charge in [0, 0.05) is 6.54 Å². The molecule has 4 nitrogen and oxygen atoms in total. The van der Waals surface area contributed by atoms with E-state index in [1.54, 1.807) is 18.2 Å². The van der Waals surface area contributed by atoms with Crippen molar-refractivity contribution in [3.05, 3.63) is 24.3 Å². The van der Waals surface area contributed by atoms with Gasteiger partial charge in [-0.15, -0.1) is 0 Å². The molecule has 0 saturated heterocycles. The van der Waals surface area contributed by atoms with Crippen LogP contribution in [-0.4, -0.2) is 27.0 Å². The van der Waals surface area contributed by atoms with E-state index in [0.717, 1.165) is 0 Å². The maximum atomic E-state index is 11.7. The quantitative estimate of drug-likeness (QED) is 0.765. The molecule has 1 rings (SSSR count). The summed E-state index contributed by atoms with van der Waals surface area (Å²) in [6.45, 7) is 2.51. The number of benzene rings is 1. The topological polar surface area (TPSA) is 63.2 Å². The number of sulfone groups is 1. The largest absolute Gasteiger partial charge is 0.384 e. The number of para-hydroxylation sites is 1. The van der Waals surface area contributed by atoms with E-state index in [4.69, 9.17) is 0 Å². The lowest BCUT2D eigenvalue weighted by atomic mass is 10.3. The highest BCUT2D eigenvalue weighted by Crippen LogP contribution is 2.21. The molecule has 0 unspecified atom stereocenters. The summed E-state index contributed by atoms with van der Waals surface area (Å²) >= 11 is 0. The molecule has 15 heavy (non-hydrogen) atoms. The van der Waals surface area contributed by atoms with E-state index in [0.29, 0.717) is 18.5 Å². The van der Waals surface area contributed by atoms with Gasteiger partial charge in [-0.1, -0.05) is 12.1 Å². The molecule has 0 aromatic heterocycles. The molecule has 0 aliphatic rings. The van der Waals surface area contributed by atoms with Crippen molar-refractivity contribution in [2.45, 2.75) is 11.8 Å². The number of carbonyl (C=O) groups excluding carboxylic acids is 1. The highest BCUT2D eigenvalue weighted by Gasteiger charge is 2.17. The van der Waals surface area contributed by atoms with Gasteiger partial charge in [0.25, 0.3) is 0 Å². The van der Waals surface area contributed by atoms with Crippen molar-refractivity contribution >= 4 is 21.8 Å². The minimum Gasteiger partial charge on any atom is -0.384 e. The van der Waals surface area contributed by atoms with E-state index in [1.807, 2.05) is 6.92 Å². The van der Waals surface area contributed by atoms with E-state index < -0.39 is 15.6 Å². The molecule has 0 spiro atoms. The summed E-state index contributed by atoms with van der Waals surface area (Å²) in [5.74, 6) is -0.477. The van der Waals surface area contributed by atoms with Gasteiger partial charge >= 0.3 is 0 Å². The second kappa shape index (κ2) is 4.93. The van der Waals surface area contributed by atoms with Gasteiger partial charge in [0.15, 0.2) is 9.84 Å². The highest BCUT2D eigenvalue weighted by molar-refractivity contribution is 7.92. The Morgan fingerprint density at radius 3 is 2.60 bits per heavy atom. The Morgan fingerprint density at radius 1 is 1.33 bits per heavy atom. The SMILES string of the molecule is CCNc1ccccc1S(=O)(=O)CC=O. The van der Waals surface area contributed by atoms with Crippen LogP contribution in [0.4, 0.5) is 5.69 Å². The van der Waals surface area contributed by atoms with Crippen LogP contribution in [0.5, 0.6) is 0 Å². The van der Waals surface area contributed by atoms with Crippen LogP contribution in [0.3, 0.4) is 0 Å². The Bertz CT molecular complexity index is 440. The van der Waals surface area contributed by atoms with Crippen molar-refractivity contribution in [2.24, 2.45) is 0 Å². The lowest BCUT2D eigenvalue weighted by molar-refractivity contribution is -0.105. The second-order valence-electron chi connectivity index (χ2n) is 2.97. The summed E-state index contributed by atoms with van der Waals surface area (Å²) in [5, 5.41) is 2.95. The molecule has 1 aromatic carbocycles. The molecule has 0 aliphatic carbocycles. The molecule has 5 heteroatoms. The third-order valence-corrected chi connectivity index (χ3v) is 3.48. The summed E-state index contributed by atoms with van der Waals surface area (Å²) in [7, 11) is -3.49. The van der Waals surface area contributed by atoms with E-state index in [1.165, 1.54) is 6.07 Å². The van der Waals surface area contributed by atoms with Crippen LogP contribution >= 0.6 is 0 Å². The van der Waals surface area contributed by atoms with Crippen LogP contribution in [0.25, 0.3) is 0 Å². The zero-order valence-corrected chi connectivity index (χ0v) is 9.25. The third-order valence-electron chi connectivity index (χ3n) is 1.88. The van der Waals surface area contributed by atoms with Gasteiger partial charge in [-0.05, 0) is 19.1 Å². The number of carbonyl (C=O) groups is 1.